The van der Waals surface area contributed by atoms with E-state index in [9.17, 15) is 14.4 Å². The van der Waals surface area contributed by atoms with Gasteiger partial charge in [0.1, 0.15) is 5.75 Å². The van der Waals surface area contributed by atoms with Crippen LogP contribution in [-0.4, -0.2) is 24.2 Å². The minimum absolute atomic E-state index is 0.0477. The molecule has 4 aromatic rings. The highest BCUT2D eigenvalue weighted by molar-refractivity contribution is 7.12. The average molecular weight is 498 g/mol. The number of rotatable bonds is 9. The van der Waals surface area contributed by atoms with E-state index in [4.69, 9.17) is 4.74 Å². The molecule has 0 saturated heterocycles. The minimum Gasteiger partial charge on any atom is -0.426 e. The minimum atomic E-state index is -0.425. The molecule has 3 aromatic carbocycles. The molecule has 0 spiro atoms. The summed E-state index contributed by atoms with van der Waals surface area (Å²) in [5.41, 5.74) is 4.74. The van der Waals surface area contributed by atoms with Crippen molar-refractivity contribution in [2.24, 2.45) is 5.92 Å². The summed E-state index contributed by atoms with van der Waals surface area (Å²) in [4.78, 5) is 37.3. The topological polar surface area (TPSA) is 72.5 Å². The number of benzene rings is 3. The first-order valence-electron chi connectivity index (χ1n) is 11.8. The number of esters is 1. The number of amides is 1. The second kappa shape index (κ2) is 11.6. The SMILES string of the molecule is CC[C@H](CNC(=O)c1cc(-c2ccc(-c3ccc(C(C)=O)cc3)cc2)cs1)C(=O)Oc1ccccc1. The Morgan fingerprint density at radius 2 is 1.42 bits per heavy atom. The lowest BCUT2D eigenvalue weighted by molar-refractivity contribution is -0.138. The predicted molar refractivity (Wildman–Crippen MR) is 143 cm³/mol. The van der Waals surface area contributed by atoms with Crippen LogP contribution >= 0.6 is 11.3 Å². The molecule has 1 aromatic heterocycles. The van der Waals surface area contributed by atoms with Crippen molar-refractivity contribution in [3.63, 3.8) is 0 Å². The fraction of sp³-hybridized carbons (Fsp3) is 0.167. The van der Waals surface area contributed by atoms with Crippen molar-refractivity contribution in [1.82, 2.24) is 5.32 Å². The van der Waals surface area contributed by atoms with Crippen molar-refractivity contribution in [2.45, 2.75) is 20.3 Å². The van der Waals surface area contributed by atoms with Gasteiger partial charge in [0.05, 0.1) is 10.8 Å². The number of carbonyl (C=O) groups excluding carboxylic acids is 3. The normalized spacial score (nSPS) is 11.5. The Balaban J connectivity index is 1.36. The molecule has 6 heteroatoms. The van der Waals surface area contributed by atoms with Gasteiger partial charge in [-0.25, -0.2) is 0 Å². The molecule has 5 nitrogen and oxygen atoms in total. The highest BCUT2D eigenvalue weighted by atomic mass is 32.1. The molecule has 0 aliphatic rings. The predicted octanol–water partition coefficient (Wildman–Crippen LogP) is 6.65. The molecule has 0 saturated carbocycles. The van der Waals surface area contributed by atoms with E-state index in [1.165, 1.54) is 11.3 Å². The summed E-state index contributed by atoms with van der Waals surface area (Å²) in [6.45, 7) is 3.67. The maximum Gasteiger partial charge on any atom is 0.316 e. The first-order chi connectivity index (χ1) is 17.4. The van der Waals surface area contributed by atoms with Crippen LogP contribution in [0.15, 0.2) is 90.3 Å². The van der Waals surface area contributed by atoms with Crippen LogP contribution in [0.4, 0.5) is 0 Å². The molecule has 1 N–H and O–H groups in total. The molecule has 36 heavy (non-hydrogen) atoms. The van der Waals surface area contributed by atoms with Gasteiger partial charge in [0.25, 0.3) is 5.91 Å². The molecule has 1 atom stereocenters. The maximum absolute atomic E-state index is 12.7. The number of ether oxygens (including phenoxy) is 1. The van der Waals surface area contributed by atoms with Crippen LogP contribution in [0.2, 0.25) is 0 Å². The Kier molecular flexibility index (Phi) is 8.08. The molecule has 182 valence electrons. The van der Waals surface area contributed by atoms with Gasteiger partial charge in [0.15, 0.2) is 5.78 Å². The number of hydrogen-bond acceptors (Lipinski definition) is 5. The van der Waals surface area contributed by atoms with Gasteiger partial charge in [-0.1, -0.05) is 73.7 Å². The van der Waals surface area contributed by atoms with Gasteiger partial charge in [0.2, 0.25) is 0 Å². The quantitative estimate of drug-likeness (QED) is 0.160. The van der Waals surface area contributed by atoms with Crippen molar-refractivity contribution in [3.05, 3.63) is 101 Å². The van der Waals surface area contributed by atoms with E-state index in [1.54, 1.807) is 31.2 Å². The van der Waals surface area contributed by atoms with Crippen molar-refractivity contribution >= 4 is 29.0 Å². The van der Waals surface area contributed by atoms with E-state index in [2.05, 4.69) is 5.32 Å². The number of ketones is 1. The van der Waals surface area contributed by atoms with Crippen LogP contribution in [0.1, 0.15) is 40.3 Å². The second-order valence-corrected chi connectivity index (χ2v) is 9.37. The summed E-state index contributed by atoms with van der Waals surface area (Å²) in [5, 5.41) is 4.82. The van der Waals surface area contributed by atoms with Gasteiger partial charge in [0, 0.05) is 12.1 Å². The van der Waals surface area contributed by atoms with Gasteiger partial charge >= 0.3 is 5.97 Å². The summed E-state index contributed by atoms with van der Waals surface area (Å²) < 4.78 is 5.42. The van der Waals surface area contributed by atoms with E-state index >= 15 is 0 Å². The molecule has 0 aliphatic carbocycles. The molecular weight excluding hydrogens is 470 g/mol. The summed E-state index contributed by atoms with van der Waals surface area (Å²) in [5.74, 6) is -0.447. The molecule has 4 rings (SSSR count). The van der Waals surface area contributed by atoms with Crippen molar-refractivity contribution in [2.75, 3.05) is 6.54 Å². The van der Waals surface area contributed by atoms with Crippen LogP contribution in [0.5, 0.6) is 5.75 Å². The fourth-order valence-corrected chi connectivity index (χ4v) is 4.58. The third-order valence-electron chi connectivity index (χ3n) is 5.96. The first kappa shape index (κ1) is 25.1. The maximum atomic E-state index is 12.7. The Bertz CT molecular complexity index is 1340. The van der Waals surface area contributed by atoms with Crippen molar-refractivity contribution in [3.8, 4) is 28.0 Å². The van der Waals surface area contributed by atoms with Crippen LogP contribution < -0.4 is 10.1 Å². The third-order valence-corrected chi connectivity index (χ3v) is 6.89. The van der Waals surface area contributed by atoms with Gasteiger partial charge in [-0.3, -0.25) is 14.4 Å². The number of hydrogen-bond donors (Lipinski definition) is 1. The summed E-state index contributed by atoms with van der Waals surface area (Å²) >= 11 is 1.37. The second-order valence-electron chi connectivity index (χ2n) is 8.46. The van der Waals surface area contributed by atoms with E-state index in [0.29, 0.717) is 22.6 Å². The van der Waals surface area contributed by atoms with Crippen LogP contribution in [0, 0.1) is 5.92 Å². The Labute approximate surface area is 214 Å². The zero-order valence-electron chi connectivity index (χ0n) is 20.2. The highest BCUT2D eigenvalue weighted by Crippen LogP contribution is 2.28. The number of carbonyl (C=O) groups is 3. The summed E-state index contributed by atoms with van der Waals surface area (Å²) in [6.07, 6.45) is 0.561. The van der Waals surface area contributed by atoms with Gasteiger partial charge in [-0.05, 0) is 59.2 Å². The molecule has 0 radical (unpaired) electrons. The van der Waals surface area contributed by atoms with Crippen molar-refractivity contribution < 1.29 is 19.1 Å². The highest BCUT2D eigenvalue weighted by Gasteiger charge is 2.20. The largest absolute Gasteiger partial charge is 0.426 e. The monoisotopic (exact) mass is 497 g/mol. The molecule has 1 heterocycles. The Hall–Kier alpha value is -4.03. The molecule has 0 unspecified atom stereocenters. The van der Waals surface area contributed by atoms with Crippen LogP contribution in [0.25, 0.3) is 22.3 Å². The summed E-state index contributed by atoms with van der Waals surface area (Å²) in [6, 6.07) is 26.4. The zero-order chi connectivity index (χ0) is 25.5. The first-order valence-corrected chi connectivity index (χ1v) is 12.7. The lowest BCUT2D eigenvalue weighted by Gasteiger charge is -2.14. The number of thiophene rings is 1. The van der Waals surface area contributed by atoms with E-state index < -0.39 is 5.92 Å². The van der Waals surface area contributed by atoms with E-state index in [1.807, 2.05) is 73.0 Å². The molecule has 0 aliphatic heterocycles. The lowest BCUT2D eigenvalue weighted by Crippen LogP contribution is -2.34. The fourth-order valence-electron chi connectivity index (χ4n) is 3.74. The third kappa shape index (κ3) is 6.15. The van der Waals surface area contributed by atoms with Gasteiger partial charge in [-0.2, -0.15) is 0 Å². The van der Waals surface area contributed by atoms with Gasteiger partial charge in [-0.15, -0.1) is 11.3 Å². The number of Topliss-reactive ketones (excluding diaryl/α,β-unsaturated/α-hetero) is 1. The molecular formula is C30H27NO4S. The number of nitrogens with one attached hydrogen (secondary N) is 1. The Morgan fingerprint density at radius 3 is 2.00 bits per heavy atom. The van der Waals surface area contributed by atoms with Crippen LogP contribution in [-0.2, 0) is 4.79 Å². The van der Waals surface area contributed by atoms with Crippen LogP contribution in [0.3, 0.4) is 0 Å². The summed E-state index contributed by atoms with van der Waals surface area (Å²) in [7, 11) is 0. The smallest absolute Gasteiger partial charge is 0.316 e. The standard InChI is InChI=1S/C30H27NO4S/c1-3-21(30(34)35-27-7-5-4-6-8-27)18-31-29(33)28-17-26(19-36-28)25-15-13-24(14-16-25)23-11-9-22(10-12-23)20(2)32/h4-17,19,21H,3,18H2,1-2H3,(H,31,33)/t21-/m1/s1. The number of para-hydroxylation sites is 1. The molecule has 0 bridgehead atoms. The molecule has 1 amide bonds. The average Bonchev–Trinajstić information content (AvgIpc) is 3.40. The zero-order valence-corrected chi connectivity index (χ0v) is 21.0. The van der Waals surface area contributed by atoms with E-state index in [-0.39, 0.29) is 24.2 Å². The Morgan fingerprint density at radius 1 is 0.833 bits per heavy atom. The van der Waals surface area contributed by atoms with Gasteiger partial charge < -0.3 is 10.1 Å². The van der Waals surface area contributed by atoms with Crippen molar-refractivity contribution in [1.29, 1.82) is 0 Å². The lowest BCUT2D eigenvalue weighted by atomic mass is 10.00. The van der Waals surface area contributed by atoms with E-state index in [0.717, 1.165) is 22.3 Å². The molecule has 0 fully saturated rings.